The first-order valence-electron chi connectivity index (χ1n) is 7.80. The lowest BCUT2D eigenvalue weighted by atomic mass is 10.2. The van der Waals surface area contributed by atoms with E-state index in [1.807, 2.05) is 54.6 Å². The van der Waals surface area contributed by atoms with Gasteiger partial charge in [0.1, 0.15) is 12.4 Å². The van der Waals surface area contributed by atoms with Crippen molar-refractivity contribution in [3.63, 3.8) is 0 Å². The Kier molecular flexibility index (Phi) is 8.26. The Morgan fingerprint density at radius 2 is 1.79 bits per heavy atom. The van der Waals surface area contributed by atoms with Crippen molar-refractivity contribution in [2.24, 2.45) is 0 Å². The average Bonchev–Trinajstić information content (AvgIpc) is 2.64. The van der Waals surface area contributed by atoms with Crippen LogP contribution in [0.25, 0.3) is 0 Å². The van der Waals surface area contributed by atoms with Crippen molar-refractivity contribution in [1.29, 1.82) is 0 Å². The molecule has 2 rings (SSSR count). The number of aliphatic hydroxyl groups is 1. The van der Waals surface area contributed by atoms with Gasteiger partial charge in [0, 0.05) is 17.1 Å². The molecule has 0 saturated carbocycles. The Morgan fingerprint density at radius 1 is 1.04 bits per heavy atom. The predicted molar refractivity (Wildman–Crippen MR) is 98.2 cm³/mol. The zero-order chi connectivity index (χ0) is 17.0. The molecule has 1 N–H and O–H groups in total. The summed E-state index contributed by atoms with van der Waals surface area (Å²) < 4.78 is 10.6. The second kappa shape index (κ2) is 10.8. The van der Waals surface area contributed by atoms with Crippen molar-refractivity contribution in [1.82, 2.24) is 0 Å². The molecule has 0 fully saturated rings. The maximum absolute atomic E-state index is 9.92. The van der Waals surface area contributed by atoms with Crippen LogP contribution in [-0.2, 0) is 11.3 Å². The largest absolute Gasteiger partial charge is 0.497 e. The van der Waals surface area contributed by atoms with Gasteiger partial charge in [0.2, 0.25) is 0 Å². The van der Waals surface area contributed by atoms with Crippen LogP contribution >= 0.6 is 11.8 Å². The van der Waals surface area contributed by atoms with E-state index in [0.717, 1.165) is 16.2 Å². The topological polar surface area (TPSA) is 38.7 Å². The van der Waals surface area contributed by atoms with Gasteiger partial charge in [-0.2, -0.15) is 0 Å². The monoisotopic (exact) mass is 342 g/mol. The van der Waals surface area contributed by atoms with Crippen LogP contribution in [0.3, 0.4) is 0 Å². The van der Waals surface area contributed by atoms with Crippen molar-refractivity contribution in [3.05, 3.63) is 60.2 Å². The van der Waals surface area contributed by atoms with E-state index in [1.165, 1.54) is 0 Å². The van der Waals surface area contributed by atoms with Gasteiger partial charge in [0.05, 0.1) is 19.8 Å². The Bertz CT molecular complexity index is 644. The van der Waals surface area contributed by atoms with Gasteiger partial charge in [-0.15, -0.1) is 11.8 Å². The van der Waals surface area contributed by atoms with Crippen molar-refractivity contribution >= 4 is 11.8 Å². The normalized spacial score (nSPS) is 11.4. The molecule has 1 atom stereocenters. The van der Waals surface area contributed by atoms with Gasteiger partial charge in [0.25, 0.3) is 0 Å². The number of hydrogen-bond donors (Lipinski definition) is 1. The quantitative estimate of drug-likeness (QED) is 0.450. The highest BCUT2D eigenvalue weighted by Crippen LogP contribution is 2.18. The van der Waals surface area contributed by atoms with Crippen molar-refractivity contribution in [2.75, 3.05) is 19.5 Å². The molecule has 4 heteroatoms. The number of methoxy groups -OCH3 is 1. The molecule has 0 aromatic heterocycles. The Balaban J connectivity index is 1.59. The first-order valence-corrected chi connectivity index (χ1v) is 8.79. The van der Waals surface area contributed by atoms with Crippen LogP contribution in [0.4, 0.5) is 0 Å². The molecule has 0 amide bonds. The van der Waals surface area contributed by atoms with Crippen LogP contribution in [0, 0.1) is 11.8 Å². The van der Waals surface area contributed by atoms with Crippen LogP contribution in [0.5, 0.6) is 5.75 Å². The number of benzene rings is 2. The lowest BCUT2D eigenvalue weighted by Gasteiger charge is -2.06. The maximum Gasteiger partial charge on any atom is 0.118 e. The zero-order valence-corrected chi connectivity index (χ0v) is 14.6. The molecule has 0 aliphatic carbocycles. The zero-order valence-electron chi connectivity index (χ0n) is 13.8. The molecule has 24 heavy (non-hydrogen) atoms. The minimum atomic E-state index is -0.427. The third-order valence-electron chi connectivity index (χ3n) is 3.25. The van der Waals surface area contributed by atoms with E-state index >= 15 is 0 Å². The second-order valence-corrected chi connectivity index (χ2v) is 6.27. The summed E-state index contributed by atoms with van der Waals surface area (Å²) in [4.78, 5) is 1.16. The van der Waals surface area contributed by atoms with Crippen LogP contribution in [-0.4, -0.2) is 30.7 Å². The lowest BCUT2D eigenvalue weighted by molar-refractivity contribution is 0.153. The van der Waals surface area contributed by atoms with Crippen LogP contribution in [0.1, 0.15) is 12.0 Å². The van der Waals surface area contributed by atoms with Gasteiger partial charge < -0.3 is 14.6 Å². The summed E-state index contributed by atoms with van der Waals surface area (Å²) >= 11 is 1.64. The van der Waals surface area contributed by atoms with Crippen LogP contribution in [0.15, 0.2) is 59.5 Å². The fourth-order valence-corrected chi connectivity index (χ4v) is 2.80. The van der Waals surface area contributed by atoms with Crippen molar-refractivity contribution in [3.8, 4) is 17.6 Å². The highest BCUT2D eigenvalue weighted by atomic mass is 32.2. The Labute approximate surface area is 148 Å². The fraction of sp³-hybridized carbons (Fsp3) is 0.300. The first-order chi connectivity index (χ1) is 11.8. The maximum atomic E-state index is 9.92. The van der Waals surface area contributed by atoms with Gasteiger partial charge in [-0.1, -0.05) is 42.2 Å². The van der Waals surface area contributed by atoms with Crippen LogP contribution in [0.2, 0.25) is 0 Å². The van der Waals surface area contributed by atoms with E-state index in [9.17, 15) is 5.11 Å². The van der Waals surface area contributed by atoms with Gasteiger partial charge in [-0.25, -0.2) is 0 Å². The SMILES string of the molecule is COc1ccc(COCC#CC[C@H](O)CSc2ccccc2)cc1. The highest BCUT2D eigenvalue weighted by molar-refractivity contribution is 7.99. The van der Waals surface area contributed by atoms with Crippen molar-refractivity contribution in [2.45, 2.75) is 24.0 Å². The molecule has 0 unspecified atom stereocenters. The molecule has 0 bridgehead atoms. The summed E-state index contributed by atoms with van der Waals surface area (Å²) in [5, 5.41) is 9.92. The lowest BCUT2D eigenvalue weighted by Crippen LogP contribution is -2.08. The molecular weight excluding hydrogens is 320 g/mol. The van der Waals surface area contributed by atoms with E-state index in [1.54, 1.807) is 18.9 Å². The molecular formula is C20H22O3S. The van der Waals surface area contributed by atoms with E-state index < -0.39 is 6.10 Å². The molecule has 0 spiro atoms. The highest BCUT2D eigenvalue weighted by Gasteiger charge is 2.02. The molecule has 0 heterocycles. The standard InChI is InChI=1S/C20H22O3S/c1-22-19-12-10-17(11-13-19)15-23-14-6-5-7-18(21)16-24-20-8-3-2-4-9-20/h2-4,8-13,18,21H,7,14-16H2,1H3/t18-/m0/s1. The average molecular weight is 342 g/mol. The van der Waals surface area contributed by atoms with E-state index in [4.69, 9.17) is 9.47 Å². The number of hydrogen-bond acceptors (Lipinski definition) is 4. The summed E-state index contributed by atoms with van der Waals surface area (Å²) in [7, 11) is 1.65. The smallest absolute Gasteiger partial charge is 0.118 e. The molecule has 126 valence electrons. The molecule has 0 aliphatic heterocycles. The summed E-state index contributed by atoms with van der Waals surface area (Å²) in [5.41, 5.74) is 1.08. The van der Waals surface area contributed by atoms with Crippen LogP contribution < -0.4 is 4.74 Å². The van der Waals surface area contributed by atoms with E-state index in [0.29, 0.717) is 25.4 Å². The molecule has 2 aromatic carbocycles. The molecule has 2 aromatic rings. The minimum absolute atomic E-state index is 0.366. The summed E-state index contributed by atoms with van der Waals surface area (Å²) in [5.74, 6) is 7.39. The number of aliphatic hydroxyl groups excluding tert-OH is 1. The van der Waals surface area contributed by atoms with Gasteiger partial charge in [0.15, 0.2) is 0 Å². The number of ether oxygens (including phenoxy) is 2. The van der Waals surface area contributed by atoms with E-state index in [-0.39, 0.29) is 0 Å². The van der Waals surface area contributed by atoms with Gasteiger partial charge in [-0.05, 0) is 29.8 Å². The second-order valence-electron chi connectivity index (χ2n) is 5.18. The number of rotatable bonds is 8. The predicted octanol–water partition coefficient (Wildman–Crippen LogP) is 3.76. The summed E-state index contributed by atoms with van der Waals surface area (Å²) in [6.07, 6.45) is 0.0374. The molecule has 0 saturated heterocycles. The van der Waals surface area contributed by atoms with E-state index in [2.05, 4.69) is 11.8 Å². The summed E-state index contributed by atoms with van der Waals surface area (Å²) in [6.45, 7) is 0.885. The molecule has 0 radical (unpaired) electrons. The van der Waals surface area contributed by atoms with Crippen molar-refractivity contribution < 1.29 is 14.6 Å². The Hall–Kier alpha value is -1.93. The fourth-order valence-electron chi connectivity index (χ4n) is 1.95. The first kappa shape index (κ1) is 18.4. The third-order valence-corrected chi connectivity index (χ3v) is 4.41. The molecule has 0 aliphatic rings. The third kappa shape index (κ3) is 7.10. The minimum Gasteiger partial charge on any atom is -0.497 e. The van der Waals surface area contributed by atoms with Gasteiger partial charge in [-0.3, -0.25) is 0 Å². The van der Waals surface area contributed by atoms with Gasteiger partial charge >= 0.3 is 0 Å². The molecule has 3 nitrogen and oxygen atoms in total. The number of thioether (sulfide) groups is 1. The summed E-state index contributed by atoms with van der Waals surface area (Å²) in [6, 6.07) is 17.8. The Morgan fingerprint density at radius 3 is 2.50 bits per heavy atom.